The Bertz CT molecular complexity index is 733. The molecule has 0 spiro atoms. The number of carbonyl (C=O) groups is 1. The number of nitrogens with zero attached hydrogens (tertiary/aromatic N) is 2. The molecule has 3 rings (SSSR count). The topological polar surface area (TPSA) is 45.2 Å². The highest BCUT2D eigenvalue weighted by atomic mass is 16.2. The van der Waals surface area contributed by atoms with E-state index in [-0.39, 0.29) is 5.91 Å². The van der Waals surface area contributed by atoms with Gasteiger partial charge in [0.15, 0.2) is 0 Å². The quantitative estimate of drug-likeness (QED) is 0.928. The molecular formula is C19H23N3O. The number of rotatable bonds is 2. The van der Waals surface area contributed by atoms with Crippen LogP contribution in [0.2, 0.25) is 0 Å². The van der Waals surface area contributed by atoms with E-state index in [9.17, 15) is 4.79 Å². The van der Waals surface area contributed by atoms with Crippen LogP contribution in [0.4, 0.5) is 0 Å². The van der Waals surface area contributed by atoms with Gasteiger partial charge in [-0.05, 0) is 38.5 Å². The standard InChI is InChI=1S/C19H23N3O/c1-13-4-5-16(14(2)12-13)18-7-6-17(15(3)21-18)19(23)22-10-8-20-9-11-22/h4-7,12,20H,8-11H2,1-3H3. The van der Waals surface area contributed by atoms with Crippen molar-refractivity contribution in [2.75, 3.05) is 26.2 Å². The number of benzene rings is 1. The molecule has 0 radical (unpaired) electrons. The first-order valence-electron chi connectivity index (χ1n) is 8.11. The highest BCUT2D eigenvalue weighted by Crippen LogP contribution is 2.24. The van der Waals surface area contributed by atoms with Gasteiger partial charge in [-0.1, -0.05) is 23.8 Å². The van der Waals surface area contributed by atoms with Gasteiger partial charge in [0, 0.05) is 31.7 Å². The molecular weight excluding hydrogens is 286 g/mol. The van der Waals surface area contributed by atoms with Crippen LogP contribution in [-0.2, 0) is 0 Å². The van der Waals surface area contributed by atoms with Crippen LogP contribution >= 0.6 is 0 Å². The molecule has 0 saturated carbocycles. The first kappa shape index (κ1) is 15.7. The van der Waals surface area contributed by atoms with Crippen molar-refractivity contribution in [1.29, 1.82) is 0 Å². The Morgan fingerprint density at radius 3 is 2.48 bits per heavy atom. The lowest BCUT2D eigenvalue weighted by Crippen LogP contribution is -2.46. The van der Waals surface area contributed by atoms with E-state index in [2.05, 4.69) is 42.3 Å². The number of amides is 1. The maximum absolute atomic E-state index is 12.6. The SMILES string of the molecule is Cc1ccc(-c2ccc(C(=O)N3CCNCC3)c(C)n2)c(C)c1. The Kier molecular flexibility index (Phi) is 4.44. The van der Waals surface area contributed by atoms with Gasteiger partial charge in [-0.2, -0.15) is 0 Å². The average molecular weight is 309 g/mol. The second-order valence-electron chi connectivity index (χ2n) is 6.19. The van der Waals surface area contributed by atoms with Crippen LogP contribution in [0.3, 0.4) is 0 Å². The van der Waals surface area contributed by atoms with Gasteiger partial charge in [0.25, 0.3) is 5.91 Å². The molecule has 0 atom stereocenters. The third kappa shape index (κ3) is 3.27. The van der Waals surface area contributed by atoms with Crippen LogP contribution in [0, 0.1) is 20.8 Å². The first-order valence-corrected chi connectivity index (χ1v) is 8.11. The van der Waals surface area contributed by atoms with Gasteiger partial charge in [-0.25, -0.2) is 0 Å². The lowest BCUT2D eigenvalue weighted by Gasteiger charge is -2.27. The molecule has 1 aromatic heterocycles. The zero-order chi connectivity index (χ0) is 16.4. The minimum absolute atomic E-state index is 0.0867. The highest BCUT2D eigenvalue weighted by molar-refractivity contribution is 5.95. The Morgan fingerprint density at radius 1 is 1.09 bits per heavy atom. The van der Waals surface area contributed by atoms with Gasteiger partial charge in [-0.15, -0.1) is 0 Å². The van der Waals surface area contributed by atoms with Crippen LogP contribution in [-0.4, -0.2) is 42.0 Å². The van der Waals surface area contributed by atoms with E-state index in [1.807, 2.05) is 24.0 Å². The monoisotopic (exact) mass is 309 g/mol. The first-order chi connectivity index (χ1) is 11.1. The van der Waals surface area contributed by atoms with E-state index in [4.69, 9.17) is 0 Å². The van der Waals surface area contributed by atoms with E-state index in [0.29, 0.717) is 5.56 Å². The number of hydrogen-bond donors (Lipinski definition) is 1. The second kappa shape index (κ2) is 6.50. The zero-order valence-corrected chi connectivity index (χ0v) is 14.0. The summed E-state index contributed by atoms with van der Waals surface area (Å²) in [6.45, 7) is 9.35. The van der Waals surface area contributed by atoms with Crippen molar-refractivity contribution in [2.24, 2.45) is 0 Å². The molecule has 2 heterocycles. The molecule has 1 fully saturated rings. The fourth-order valence-corrected chi connectivity index (χ4v) is 3.08. The van der Waals surface area contributed by atoms with E-state index in [1.54, 1.807) is 0 Å². The van der Waals surface area contributed by atoms with E-state index >= 15 is 0 Å². The minimum atomic E-state index is 0.0867. The minimum Gasteiger partial charge on any atom is -0.336 e. The number of hydrogen-bond acceptors (Lipinski definition) is 3. The smallest absolute Gasteiger partial charge is 0.255 e. The van der Waals surface area contributed by atoms with E-state index in [0.717, 1.165) is 43.1 Å². The molecule has 120 valence electrons. The summed E-state index contributed by atoms with van der Waals surface area (Å²) in [7, 11) is 0. The van der Waals surface area contributed by atoms with Crippen LogP contribution in [0.15, 0.2) is 30.3 Å². The Morgan fingerprint density at radius 2 is 1.83 bits per heavy atom. The maximum atomic E-state index is 12.6. The fourth-order valence-electron chi connectivity index (χ4n) is 3.08. The average Bonchev–Trinajstić information content (AvgIpc) is 2.55. The number of aromatic nitrogens is 1. The van der Waals surface area contributed by atoms with Crippen molar-refractivity contribution >= 4 is 5.91 Å². The summed E-state index contributed by atoms with van der Waals surface area (Å²) >= 11 is 0. The number of aryl methyl sites for hydroxylation is 3. The summed E-state index contributed by atoms with van der Waals surface area (Å²) in [4.78, 5) is 19.2. The molecule has 4 nitrogen and oxygen atoms in total. The summed E-state index contributed by atoms with van der Waals surface area (Å²) in [5.74, 6) is 0.0867. The van der Waals surface area contributed by atoms with Gasteiger partial charge in [-0.3, -0.25) is 9.78 Å². The third-order valence-electron chi connectivity index (χ3n) is 4.38. The molecule has 1 aliphatic heterocycles. The second-order valence-corrected chi connectivity index (χ2v) is 6.19. The normalized spacial score (nSPS) is 14.8. The maximum Gasteiger partial charge on any atom is 0.255 e. The fraction of sp³-hybridized carbons (Fsp3) is 0.368. The molecule has 1 aromatic carbocycles. The van der Waals surface area contributed by atoms with Crippen molar-refractivity contribution in [2.45, 2.75) is 20.8 Å². The van der Waals surface area contributed by atoms with Crippen molar-refractivity contribution < 1.29 is 4.79 Å². The number of pyridine rings is 1. The summed E-state index contributed by atoms with van der Waals surface area (Å²) in [5, 5.41) is 3.27. The molecule has 0 aliphatic carbocycles. The summed E-state index contributed by atoms with van der Waals surface area (Å²) in [6.07, 6.45) is 0. The molecule has 0 unspecified atom stereocenters. The molecule has 2 aromatic rings. The van der Waals surface area contributed by atoms with Gasteiger partial charge in [0.05, 0.1) is 17.0 Å². The number of carbonyl (C=O) groups excluding carboxylic acids is 1. The summed E-state index contributed by atoms with van der Waals surface area (Å²) < 4.78 is 0. The third-order valence-corrected chi connectivity index (χ3v) is 4.38. The molecule has 1 aliphatic rings. The number of nitrogens with one attached hydrogen (secondary N) is 1. The largest absolute Gasteiger partial charge is 0.336 e. The lowest BCUT2D eigenvalue weighted by molar-refractivity contribution is 0.0734. The molecule has 23 heavy (non-hydrogen) atoms. The Hall–Kier alpha value is -2.20. The van der Waals surface area contributed by atoms with Crippen LogP contribution in [0.5, 0.6) is 0 Å². The molecule has 0 bridgehead atoms. The van der Waals surface area contributed by atoms with Crippen molar-refractivity contribution in [3.05, 3.63) is 52.7 Å². The van der Waals surface area contributed by atoms with E-state index in [1.165, 1.54) is 11.1 Å². The number of piperazine rings is 1. The summed E-state index contributed by atoms with van der Waals surface area (Å²) in [5.41, 5.74) is 6.01. The highest BCUT2D eigenvalue weighted by Gasteiger charge is 2.20. The van der Waals surface area contributed by atoms with Crippen LogP contribution in [0.1, 0.15) is 27.2 Å². The summed E-state index contributed by atoms with van der Waals surface area (Å²) in [6, 6.07) is 10.2. The molecule has 1 N–H and O–H groups in total. The van der Waals surface area contributed by atoms with E-state index < -0.39 is 0 Å². The Labute approximate surface area is 137 Å². The molecule has 1 saturated heterocycles. The van der Waals surface area contributed by atoms with Crippen molar-refractivity contribution in [1.82, 2.24) is 15.2 Å². The van der Waals surface area contributed by atoms with Crippen molar-refractivity contribution in [3.63, 3.8) is 0 Å². The predicted molar refractivity (Wildman–Crippen MR) is 92.7 cm³/mol. The molecule has 1 amide bonds. The molecule has 4 heteroatoms. The van der Waals surface area contributed by atoms with Gasteiger partial charge < -0.3 is 10.2 Å². The van der Waals surface area contributed by atoms with Gasteiger partial charge in [0.2, 0.25) is 0 Å². The lowest BCUT2D eigenvalue weighted by atomic mass is 10.0. The van der Waals surface area contributed by atoms with Crippen LogP contribution < -0.4 is 5.32 Å². The van der Waals surface area contributed by atoms with Crippen LogP contribution in [0.25, 0.3) is 11.3 Å². The van der Waals surface area contributed by atoms with Crippen molar-refractivity contribution in [3.8, 4) is 11.3 Å². The predicted octanol–water partition coefficient (Wildman–Crippen LogP) is 2.72. The zero-order valence-electron chi connectivity index (χ0n) is 14.0. The Balaban J connectivity index is 1.89. The van der Waals surface area contributed by atoms with Gasteiger partial charge >= 0.3 is 0 Å². The van der Waals surface area contributed by atoms with Gasteiger partial charge in [0.1, 0.15) is 0 Å².